The van der Waals surface area contributed by atoms with Crippen molar-refractivity contribution >= 4 is 11.2 Å². The largest absolute Gasteiger partial charge is 0.361 e. The first-order valence-electron chi connectivity index (χ1n) is 6.94. The number of hydrogen-bond acceptors (Lipinski definition) is 5. The van der Waals surface area contributed by atoms with Gasteiger partial charge in [-0.3, -0.25) is 5.10 Å². The number of aromatic amines is 1. The number of aromatic nitrogens is 5. The lowest BCUT2D eigenvalue weighted by Crippen LogP contribution is -1.90. The highest BCUT2D eigenvalue weighted by atomic mass is 16.5. The van der Waals surface area contributed by atoms with E-state index < -0.39 is 0 Å². The molecule has 0 spiro atoms. The Kier molecular flexibility index (Phi) is 2.75. The van der Waals surface area contributed by atoms with Gasteiger partial charge in [-0.15, -0.1) is 0 Å². The standard InChI is InChI=1S/C16H13N5O/c1-9-13(10(2)22-21-9)12-8-17-16-15(18-12)14(19-20-16)11-6-4-3-5-7-11/h3-8H,1-2H3,(H,17,19,20). The van der Waals surface area contributed by atoms with Crippen molar-refractivity contribution in [3.63, 3.8) is 0 Å². The third kappa shape index (κ3) is 1.88. The molecule has 0 aliphatic carbocycles. The van der Waals surface area contributed by atoms with Crippen LogP contribution in [-0.2, 0) is 0 Å². The lowest BCUT2D eigenvalue weighted by Gasteiger charge is -2.01. The quantitative estimate of drug-likeness (QED) is 0.613. The van der Waals surface area contributed by atoms with Crippen molar-refractivity contribution in [2.45, 2.75) is 13.8 Å². The maximum absolute atomic E-state index is 5.22. The molecule has 3 heterocycles. The molecule has 1 N–H and O–H groups in total. The van der Waals surface area contributed by atoms with Crippen LogP contribution in [0.2, 0.25) is 0 Å². The highest BCUT2D eigenvalue weighted by Crippen LogP contribution is 2.28. The van der Waals surface area contributed by atoms with Crippen LogP contribution in [0.25, 0.3) is 33.7 Å². The Morgan fingerprint density at radius 3 is 2.64 bits per heavy atom. The molecule has 0 aliphatic heterocycles. The second-order valence-corrected chi connectivity index (χ2v) is 5.09. The van der Waals surface area contributed by atoms with E-state index in [1.807, 2.05) is 44.2 Å². The molecule has 0 amide bonds. The van der Waals surface area contributed by atoms with Crippen LogP contribution >= 0.6 is 0 Å². The molecule has 6 heteroatoms. The maximum Gasteiger partial charge on any atom is 0.200 e. The number of aryl methyl sites for hydroxylation is 2. The summed E-state index contributed by atoms with van der Waals surface area (Å²) >= 11 is 0. The first-order valence-corrected chi connectivity index (χ1v) is 6.94. The van der Waals surface area contributed by atoms with Gasteiger partial charge in [-0.25, -0.2) is 9.97 Å². The molecule has 108 valence electrons. The minimum Gasteiger partial charge on any atom is -0.361 e. The van der Waals surface area contributed by atoms with Crippen molar-refractivity contribution in [1.29, 1.82) is 0 Å². The second kappa shape index (κ2) is 4.77. The molecule has 1 aromatic carbocycles. The SMILES string of the molecule is Cc1noc(C)c1-c1cnc2n[nH]c(-c3ccccc3)c2n1. The third-order valence-corrected chi connectivity index (χ3v) is 3.62. The van der Waals surface area contributed by atoms with Crippen molar-refractivity contribution in [2.24, 2.45) is 0 Å². The van der Waals surface area contributed by atoms with Gasteiger partial charge in [-0.05, 0) is 13.8 Å². The zero-order chi connectivity index (χ0) is 15.1. The lowest BCUT2D eigenvalue weighted by molar-refractivity contribution is 0.393. The number of hydrogen-bond donors (Lipinski definition) is 1. The minimum atomic E-state index is 0.592. The zero-order valence-corrected chi connectivity index (χ0v) is 12.2. The molecule has 3 aromatic heterocycles. The smallest absolute Gasteiger partial charge is 0.200 e. The van der Waals surface area contributed by atoms with E-state index in [1.54, 1.807) is 6.20 Å². The van der Waals surface area contributed by atoms with Gasteiger partial charge in [0.2, 0.25) is 0 Å². The molecule has 6 nitrogen and oxygen atoms in total. The van der Waals surface area contributed by atoms with Gasteiger partial charge in [0.1, 0.15) is 11.3 Å². The molecule has 0 saturated carbocycles. The maximum atomic E-state index is 5.22. The van der Waals surface area contributed by atoms with Crippen LogP contribution in [0.3, 0.4) is 0 Å². The summed E-state index contributed by atoms with van der Waals surface area (Å²) in [6.45, 7) is 3.76. The summed E-state index contributed by atoms with van der Waals surface area (Å²) in [7, 11) is 0. The summed E-state index contributed by atoms with van der Waals surface area (Å²) < 4.78 is 5.22. The number of nitrogens with zero attached hydrogens (tertiary/aromatic N) is 4. The monoisotopic (exact) mass is 291 g/mol. The predicted molar refractivity (Wildman–Crippen MR) is 82.1 cm³/mol. The molecule has 4 rings (SSSR count). The predicted octanol–water partition coefficient (Wildman–Crippen LogP) is 3.29. The summed E-state index contributed by atoms with van der Waals surface area (Å²) in [6.07, 6.45) is 1.70. The van der Waals surface area contributed by atoms with Gasteiger partial charge in [0.15, 0.2) is 5.65 Å². The molecule has 0 radical (unpaired) electrons. The molecule has 4 aromatic rings. The summed E-state index contributed by atoms with van der Waals surface area (Å²) in [5, 5.41) is 11.2. The average molecular weight is 291 g/mol. The highest BCUT2D eigenvalue weighted by Gasteiger charge is 2.16. The fourth-order valence-electron chi connectivity index (χ4n) is 2.57. The molecular formula is C16H13N5O. The molecule has 0 atom stereocenters. The molecule has 0 saturated heterocycles. The van der Waals surface area contributed by atoms with Gasteiger partial charge < -0.3 is 4.52 Å². The molecule has 0 aliphatic rings. The van der Waals surface area contributed by atoms with Crippen LogP contribution in [-0.4, -0.2) is 25.3 Å². The lowest BCUT2D eigenvalue weighted by atomic mass is 10.1. The van der Waals surface area contributed by atoms with Gasteiger partial charge in [0.05, 0.1) is 28.8 Å². The molecular weight excluding hydrogens is 278 g/mol. The Morgan fingerprint density at radius 2 is 1.91 bits per heavy atom. The Hall–Kier alpha value is -3.02. The van der Waals surface area contributed by atoms with Crippen LogP contribution in [0.15, 0.2) is 41.1 Å². The first kappa shape index (κ1) is 12.7. The van der Waals surface area contributed by atoms with E-state index in [0.29, 0.717) is 5.65 Å². The number of fused-ring (bicyclic) bond motifs is 1. The molecule has 0 fully saturated rings. The summed E-state index contributed by atoms with van der Waals surface area (Å²) in [4.78, 5) is 9.11. The number of nitrogens with one attached hydrogen (secondary N) is 1. The highest BCUT2D eigenvalue weighted by molar-refractivity contribution is 5.88. The minimum absolute atomic E-state index is 0.592. The van der Waals surface area contributed by atoms with Crippen molar-refractivity contribution in [3.8, 4) is 22.5 Å². The van der Waals surface area contributed by atoms with Crippen LogP contribution in [0, 0.1) is 13.8 Å². The van der Waals surface area contributed by atoms with E-state index in [9.17, 15) is 0 Å². The topological polar surface area (TPSA) is 80.5 Å². The van der Waals surface area contributed by atoms with Crippen LogP contribution in [0.1, 0.15) is 11.5 Å². The summed E-state index contributed by atoms with van der Waals surface area (Å²) in [5.41, 5.74) is 5.64. The number of rotatable bonds is 2. The molecule has 22 heavy (non-hydrogen) atoms. The summed E-state index contributed by atoms with van der Waals surface area (Å²) in [6, 6.07) is 9.96. The Balaban J connectivity index is 1.94. The first-order chi connectivity index (χ1) is 10.7. The van der Waals surface area contributed by atoms with E-state index in [4.69, 9.17) is 9.51 Å². The van der Waals surface area contributed by atoms with Crippen LogP contribution in [0.5, 0.6) is 0 Å². The Morgan fingerprint density at radius 1 is 1.09 bits per heavy atom. The second-order valence-electron chi connectivity index (χ2n) is 5.09. The van der Waals surface area contributed by atoms with Crippen LogP contribution < -0.4 is 0 Å². The fraction of sp³-hybridized carbons (Fsp3) is 0.125. The van der Waals surface area contributed by atoms with Gasteiger partial charge in [0.25, 0.3) is 0 Å². The molecule has 0 bridgehead atoms. The Labute approximate surface area is 126 Å². The van der Waals surface area contributed by atoms with E-state index in [0.717, 1.165) is 39.5 Å². The van der Waals surface area contributed by atoms with Gasteiger partial charge in [0, 0.05) is 5.56 Å². The fourth-order valence-corrected chi connectivity index (χ4v) is 2.57. The normalized spacial score (nSPS) is 11.2. The van der Waals surface area contributed by atoms with Crippen molar-refractivity contribution in [1.82, 2.24) is 25.3 Å². The summed E-state index contributed by atoms with van der Waals surface area (Å²) in [5.74, 6) is 0.732. The van der Waals surface area contributed by atoms with Gasteiger partial charge in [-0.2, -0.15) is 5.10 Å². The molecule has 0 unspecified atom stereocenters. The van der Waals surface area contributed by atoms with Gasteiger partial charge in [-0.1, -0.05) is 35.5 Å². The van der Waals surface area contributed by atoms with Crippen molar-refractivity contribution in [3.05, 3.63) is 48.0 Å². The Bertz CT molecular complexity index is 936. The van der Waals surface area contributed by atoms with Gasteiger partial charge >= 0.3 is 0 Å². The van der Waals surface area contributed by atoms with E-state index >= 15 is 0 Å². The average Bonchev–Trinajstić information content (AvgIpc) is 3.11. The van der Waals surface area contributed by atoms with E-state index in [-0.39, 0.29) is 0 Å². The number of benzene rings is 1. The van der Waals surface area contributed by atoms with Crippen molar-refractivity contribution < 1.29 is 4.52 Å². The van der Waals surface area contributed by atoms with Crippen LogP contribution in [0.4, 0.5) is 0 Å². The zero-order valence-electron chi connectivity index (χ0n) is 12.2. The van der Waals surface area contributed by atoms with E-state index in [1.165, 1.54) is 0 Å². The van der Waals surface area contributed by atoms with Crippen molar-refractivity contribution in [2.75, 3.05) is 0 Å². The van der Waals surface area contributed by atoms with E-state index in [2.05, 4.69) is 20.3 Å². The third-order valence-electron chi connectivity index (χ3n) is 3.62. The number of H-pyrrole nitrogens is 1.